The summed E-state index contributed by atoms with van der Waals surface area (Å²) in [4.78, 5) is 14.5. The van der Waals surface area contributed by atoms with E-state index in [0.29, 0.717) is 24.6 Å². The van der Waals surface area contributed by atoms with E-state index >= 15 is 0 Å². The van der Waals surface area contributed by atoms with Gasteiger partial charge in [0, 0.05) is 31.5 Å². The van der Waals surface area contributed by atoms with Crippen LogP contribution in [0.3, 0.4) is 0 Å². The first-order valence-electron chi connectivity index (χ1n) is 8.95. The van der Waals surface area contributed by atoms with Crippen molar-refractivity contribution in [1.82, 2.24) is 20.0 Å². The van der Waals surface area contributed by atoms with Gasteiger partial charge < -0.3 is 10.2 Å². The van der Waals surface area contributed by atoms with Crippen LogP contribution >= 0.6 is 0 Å². The highest BCUT2D eigenvalue weighted by atomic mass is 19.1. The molecule has 0 bridgehead atoms. The molecule has 1 atom stereocenters. The van der Waals surface area contributed by atoms with Crippen LogP contribution in [0.2, 0.25) is 0 Å². The highest BCUT2D eigenvalue weighted by molar-refractivity contribution is 5.93. The molecule has 4 rings (SSSR count). The number of benzene rings is 1. The summed E-state index contributed by atoms with van der Waals surface area (Å²) in [6, 6.07) is 8.54. The molecule has 1 N–H and O–H groups in total. The molecule has 3 heterocycles. The molecule has 7 nitrogen and oxygen atoms in total. The Hall–Kier alpha value is -3.36. The topological polar surface area (TPSA) is 75.9 Å². The number of hydrogen-bond donors (Lipinski definition) is 1. The Labute approximate surface area is 160 Å². The zero-order chi connectivity index (χ0) is 19.5. The van der Waals surface area contributed by atoms with Gasteiger partial charge in [0.2, 0.25) is 5.91 Å². The van der Waals surface area contributed by atoms with Gasteiger partial charge in [-0.1, -0.05) is 0 Å². The Balaban J connectivity index is 1.43. The molecule has 1 saturated heterocycles. The standard InChI is InChI=1S/C19H18F2N6O/c20-14-4-5-16(15(21)11-14)23-19(28)13-3-1-9-26(12-13)17-6-7-18(25-24-17)27-10-2-8-22-27/h2,4-8,10-11,13H,1,3,9,12H2,(H,23,28). The average Bonchev–Trinajstić information content (AvgIpc) is 3.25. The van der Waals surface area contributed by atoms with Crippen LogP contribution < -0.4 is 10.2 Å². The monoisotopic (exact) mass is 384 g/mol. The smallest absolute Gasteiger partial charge is 0.229 e. The Morgan fingerprint density at radius 3 is 2.68 bits per heavy atom. The summed E-state index contributed by atoms with van der Waals surface area (Å²) in [5.74, 6) is -0.826. The van der Waals surface area contributed by atoms with Crippen molar-refractivity contribution in [3.63, 3.8) is 0 Å². The normalized spacial score (nSPS) is 16.8. The Morgan fingerprint density at radius 1 is 1.14 bits per heavy atom. The van der Waals surface area contributed by atoms with Gasteiger partial charge >= 0.3 is 0 Å². The number of halogens is 2. The highest BCUT2D eigenvalue weighted by Crippen LogP contribution is 2.24. The number of nitrogens with zero attached hydrogens (tertiary/aromatic N) is 5. The maximum Gasteiger partial charge on any atom is 0.229 e. The number of nitrogens with one attached hydrogen (secondary N) is 1. The van der Waals surface area contributed by atoms with Crippen LogP contribution in [0, 0.1) is 17.6 Å². The molecule has 0 radical (unpaired) electrons. The summed E-state index contributed by atoms with van der Waals surface area (Å²) in [6.07, 6.45) is 4.92. The number of carbonyl (C=O) groups is 1. The molecule has 0 aliphatic carbocycles. The van der Waals surface area contributed by atoms with Crippen LogP contribution in [-0.2, 0) is 4.79 Å². The zero-order valence-electron chi connectivity index (χ0n) is 14.9. The number of rotatable bonds is 4. The molecule has 144 valence electrons. The zero-order valence-corrected chi connectivity index (χ0v) is 14.9. The van der Waals surface area contributed by atoms with Gasteiger partial charge in [-0.05, 0) is 43.2 Å². The first kappa shape index (κ1) is 18.0. The van der Waals surface area contributed by atoms with Crippen molar-refractivity contribution < 1.29 is 13.6 Å². The molecule has 1 fully saturated rings. The summed E-state index contributed by atoms with van der Waals surface area (Å²) in [7, 11) is 0. The van der Waals surface area contributed by atoms with Crippen LogP contribution in [-0.4, -0.2) is 39.0 Å². The third kappa shape index (κ3) is 3.83. The second-order valence-corrected chi connectivity index (χ2v) is 6.60. The summed E-state index contributed by atoms with van der Waals surface area (Å²) in [5, 5.41) is 15.1. The van der Waals surface area contributed by atoms with E-state index in [0.717, 1.165) is 25.1 Å². The van der Waals surface area contributed by atoms with Crippen molar-refractivity contribution in [2.24, 2.45) is 5.92 Å². The molecular weight excluding hydrogens is 366 g/mol. The first-order chi connectivity index (χ1) is 13.6. The van der Waals surface area contributed by atoms with E-state index in [1.807, 2.05) is 17.0 Å². The van der Waals surface area contributed by atoms with Crippen molar-refractivity contribution in [3.8, 4) is 5.82 Å². The van der Waals surface area contributed by atoms with E-state index in [1.165, 1.54) is 6.07 Å². The lowest BCUT2D eigenvalue weighted by atomic mass is 9.97. The first-order valence-corrected chi connectivity index (χ1v) is 8.95. The van der Waals surface area contributed by atoms with E-state index < -0.39 is 11.6 Å². The lowest BCUT2D eigenvalue weighted by Gasteiger charge is -2.32. The molecule has 2 aromatic heterocycles. The maximum absolute atomic E-state index is 13.8. The van der Waals surface area contributed by atoms with Crippen molar-refractivity contribution >= 4 is 17.4 Å². The van der Waals surface area contributed by atoms with Gasteiger partial charge in [0.05, 0.1) is 11.6 Å². The fraction of sp³-hybridized carbons (Fsp3) is 0.263. The van der Waals surface area contributed by atoms with E-state index in [1.54, 1.807) is 23.1 Å². The van der Waals surface area contributed by atoms with E-state index in [-0.39, 0.29) is 17.5 Å². The largest absolute Gasteiger partial charge is 0.354 e. The molecule has 1 aliphatic heterocycles. The number of carbonyl (C=O) groups excluding carboxylic acids is 1. The molecule has 0 spiro atoms. The number of aromatic nitrogens is 4. The molecule has 28 heavy (non-hydrogen) atoms. The quantitative estimate of drug-likeness (QED) is 0.749. The highest BCUT2D eigenvalue weighted by Gasteiger charge is 2.27. The van der Waals surface area contributed by atoms with Crippen LogP contribution in [0.25, 0.3) is 5.82 Å². The van der Waals surface area contributed by atoms with E-state index in [9.17, 15) is 13.6 Å². The molecular formula is C19H18F2N6O. The molecule has 3 aromatic rings. The van der Waals surface area contributed by atoms with Gasteiger partial charge in [-0.25, -0.2) is 13.5 Å². The van der Waals surface area contributed by atoms with E-state index in [4.69, 9.17) is 0 Å². The number of piperidine rings is 1. The molecule has 1 aromatic carbocycles. The summed E-state index contributed by atoms with van der Waals surface area (Å²) >= 11 is 0. The third-order valence-electron chi connectivity index (χ3n) is 4.68. The van der Waals surface area contributed by atoms with Gasteiger partial charge in [-0.2, -0.15) is 5.10 Å². The minimum atomic E-state index is -0.791. The molecule has 9 heteroatoms. The molecule has 1 unspecified atom stereocenters. The minimum Gasteiger partial charge on any atom is -0.354 e. The minimum absolute atomic E-state index is 0.0214. The van der Waals surface area contributed by atoms with Crippen molar-refractivity contribution in [3.05, 3.63) is 60.4 Å². The lowest BCUT2D eigenvalue weighted by molar-refractivity contribution is -0.120. The summed E-state index contributed by atoms with van der Waals surface area (Å²) in [5.41, 5.74) is -0.0214. The number of amides is 1. The maximum atomic E-state index is 13.8. The lowest BCUT2D eigenvalue weighted by Crippen LogP contribution is -2.41. The predicted octanol–water partition coefficient (Wildman–Crippen LogP) is 2.80. The van der Waals surface area contributed by atoms with Crippen LogP contribution in [0.1, 0.15) is 12.8 Å². The van der Waals surface area contributed by atoms with Crippen molar-refractivity contribution in [1.29, 1.82) is 0 Å². The third-order valence-corrected chi connectivity index (χ3v) is 4.68. The molecule has 1 amide bonds. The number of hydrogen-bond acceptors (Lipinski definition) is 5. The van der Waals surface area contributed by atoms with Crippen LogP contribution in [0.4, 0.5) is 20.3 Å². The number of anilines is 2. The summed E-state index contributed by atoms with van der Waals surface area (Å²) in [6.45, 7) is 1.20. The fourth-order valence-corrected chi connectivity index (χ4v) is 3.24. The van der Waals surface area contributed by atoms with Crippen molar-refractivity contribution in [2.75, 3.05) is 23.3 Å². The fourth-order valence-electron chi connectivity index (χ4n) is 3.24. The van der Waals surface area contributed by atoms with Crippen molar-refractivity contribution in [2.45, 2.75) is 12.8 Å². The van der Waals surface area contributed by atoms with E-state index in [2.05, 4.69) is 20.6 Å². The molecule has 1 aliphatic rings. The van der Waals surface area contributed by atoms with Gasteiger partial charge in [0.25, 0.3) is 0 Å². The predicted molar refractivity (Wildman–Crippen MR) is 99.1 cm³/mol. The van der Waals surface area contributed by atoms with Crippen LogP contribution in [0.15, 0.2) is 48.8 Å². The van der Waals surface area contributed by atoms with Gasteiger partial charge in [-0.3, -0.25) is 4.79 Å². The summed E-state index contributed by atoms with van der Waals surface area (Å²) < 4.78 is 28.4. The molecule has 0 saturated carbocycles. The van der Waals surface area contributed by atoms with Gasteiger partial charge in [0.15, 0.2) is 11.6 Å². The Morgan fingerprint density at radius 2 is 1.96 bits per heavy atom. The second-order valence-electron chi connectivity index (χ2n) is 6.60. The van der Waals surface area contributed by atoms with Gasteiger partial charge in [-0.15, -0.1) is 10.2 Å². The SMILES string of the molecule is O=C(Nc1ccc(F)cc1F)C1CCCN(c2ccc(-n3cccn3)nn2)C1. The Kier molecular flexibility index (Phi) is 4.96. The average molecular weight is 384 g/mol. The second kappa shape index (κ2) is 7.71. The Bertz CT molecular complexity index is 961. The van der Waals surface area contributed by atoms with Crippen LogP contribution in [0.5, 0.6) is 0 Å². The van der Waals surface area contributed by atoms with Gasteiger partial charge in [0.1, 0.15) is 11.6 Å².